The zero-order chi connectivity index (χ0) is 19.5. The molecule has 0 bridgehead atoms. The third-order valence-electron chi connectivity index (χ3n) is 5.85. The van der Waals surface area contributed by atoms with E-state index in [1.54, 1.807) is 17.3 Å². The Morgan fingerprint density at radius 1 is 1.17 bits per heavy atom. The Balaban J connectivity index is 1.45. The average Bonchev–Trinajstić information content (AvgIpc) is 3.15. The summed E-state index contributed by atoms with van der Waals surface area (Å²) in [5, 5.41) is 4.11. The van der Waals surface area contributed by atoms with E-state index in [0.29, 0.717) is 34.7 Å². The van der Waals surface area contributed by atoms with Crippen molar-refractivity contribution in [2.24, 2.45) is 0 Å². The topological polar surface area (TPSA) is 80.3 Å². The molecule has 1 aromatic carbocycles. The fourth-order valence-electron chi connectivity index (χ4n) is 4.15. The maximum atomic E-state index is 14.0. The van der Waals surface area contributed by atoms with Crippen molar-refractivity contribution in [3.05, 3.63) is 41.9 Å². The van der Waals surface area contributed by atoms with E-state index in [-0.39, 0.29) is 18.4 Å². The number of urea groups is 1. The summed E-state index contributed by atoms with van der Waals surface area (Å²) in [5.74, 6) is 1.05. The molecular weight excluding hydrogens is 375 g/mol. The van der Waals surface area contributed by atoms with Crippen LogP contribution in [0.15, 0.2) is 29.0 Å². The van der Waals surface area contributed by atoms with Crippen molar-refractivity contribution in [1.29, 1.82) is 0 Å². The Morgan fingerprint density at radius 2 is 2.00 bits per heavy atom. The van der Waals surface area contributed by atoms with Crippen LogP contribution in [0, 0.1) is 5.82 Å². The van der Waals surface area contributed by atoms with Gasteiger partial charge < -0.3 is 9.42 Å². The maximum Gasteiger partial charge on any atom is 0.324 e. The summed E-state index contributed by atoms with van der Waals surface area (Å²) in [7, 11) is 0. The minimum Gasteiger partial charge on any atom is -0.339 e. The van der Waals surface area contributed by atoms with Crippen LogP contribution >= 0.6 is 0 Å². The summed E-state index contributed by atoms with van der Waals surface area (Å²) < 4.78 is 21.3. The monoisotopic (exact) mass is 394 g/mol. The molecule has 2 fully saturated rings. The molecule has 6 rings (SSSR count). The Bertz CT molecular complexity index is 1110. The van der Waals surface area contributed by atoms with E-state index in [4.69, 9.17) is 4.52 Å². The Morgan fingerprint density at radius 3 is 2.79 bits per heavy atom. The fraction of sp³-hybridized carbons (Fsp3) is 0.400. The highest BCUT2D eigenvalue weighted by Gasteiger charge is 2.35. The normalized spacial score (nSPS) is 18.1. The highest BCUT2D eigenvalue weighted by Crippen LogP contribution is 2.41. The van der Waals surface area contributed by atoms with Gasteiger partial charge in [0.25, 0.3) is 0 Å². The van der Waals surface area contributed by atoms with Gasteiger partial charge in [0.05, 0.1) is 23.6 Å². The molecule has 0 unspecified atom stereocenters. The first-order chi connectivity index (χ1) is 14.2. The Labute approximate surface area is 165 Å². The second-order valence-corrected chi connectivity index (χ2v) is 7.84. The van der Waals surface area contributed by atoms with Crippen LogP contribution in [0.2, 0.25) is 0 Å². The molecule has 1 saturated heterocycles. The van der Waals surface area contributed by atoms with Crippen molar-refractivity contribution in [2.75, 3.05) is 18.0 Å². The van der Waals surface area contributed by atoms with E-state index in [9.17, 15) is 9.18 Å². The van der Waals surface area contributed by atoms with E-state index < -0.39 is 0 Å². The van der Waals surface area contributed by atoms with E-state index in [1.807, 2.05) is 9.47 Å². The predicted octanol–water partition coefficient (Wildman–Crippen LogP) is 3.47. The summed E-state index contributed by atoms with van der Waals surface area (Å²) in [4.78, 5) is 25.7. The lowest BCUT2D eigenvalue weighted by Gasteiger charge is -2.33. The molecule has 2 aromatic heterocycles. The van der Waals surface area contributed by atoms with E-state index in [1.165, 1.54) is 12.1 Å². The molecule has 1 aliphatic carbocycles. The number of carbonyl (C=O) groups is 1. The minimum atomic E-state index is -0.376. The Hall–Kier alpha value is -3.23. The molecule has 2 amide bonds. The van der Waals surface area contributed by atoms with Crippen molar-refractivity contribution in [3.63, 3.8) is 0 Å². The number of aromatic nitrogens is 4. The van der Waals surface area contributed by atoms with Gasteiger partial charge in [-0.1, -0.05) is 5.16 Å². The van der Waals surface area contributed by atoms with Gasteiger partial charge >= 0.3 is 6.03 Å². The van der Waals surface area contributed by atoms with Crippen molar-refractivity contribution in [3.8, 4) is 17.2 Å². The van der Waals surface area contributed by atoms with Crippen molar-refractivity contribution < 1.29 is 13.7 Å². The van der Waals surface area contributed by atoms with Gasteiger partial charge in [0.1, 0.15) is 17.8 Å². The summed E-state index contributed by atoms with van der Waals surface area (Å²) in [6, 6.07) is 4.37. The average molecular weight is 394 g/mol. The van der Waals surface area contributed by atoms with Crippen molar-refractivity contribution in [1.82, 2.24) is 24.6 Å². The number of nitrogens with zero attached hydrogens (tertiary/aromatic N) is 6. The number of carbonyl (C=O) groups excluding carboxylic acids is 1. The molecule has 1 saturated carbocycles. The Kier molecular flexibility index (Phi) is 3.53. The smallest absolute Gasteiger partial charge is 0.324 e. The van der Waals surface area contributed by atoms with Crippen molar-refractivity contribution >= 4 is 11.7 Å². The number of rotatable bonds is 2. The number of halogens is 1. The number of hydrogen-bond acceptors (Lipinski definition) is 5. The van der Waals surface area contributed by atoms with Gasteiger partial charge in [-0.05, 0) is 43.9 Å². The molecule has 9 heteroatoms. The van der Waals surface area contributed by atoms with Gasteiger partial charge in [-0.15, -0.1) is 0 Å². The van der Waals surface area contributed by atoms with Crippen LogP contribution in [0.25, 0.3) is 17.2 Å². The molecule has 4 heterocycles. The second kappa shape index (κ2) is 6.13. The number of anilines is 1. The van der Waals surface area contributed by atoms with Crippen LogP contribution in [0.4, 0.5) is 14.9 Å². The van der Waals surface area contributed by atoms with E-state index >= 15 is 0 Å². The molecule has 2 aliphatic heterocycles. The fourth-order valence-corrected chi connectivity index (χ4v) is 4.15. The molecule has 0 atom stereocenters. The molecule has 8 nitrogen and oxygen atoms in total. The highest BCUT2D eigenvalue weighted by molar-refractivity contribution is 5.95. The summed E-state index contributed by atoms with van der Waals surface area (Å²) in [5.41, 5.74) is 2.64. The van der Waals surface area contributed by atoms with E-state index in [0.717, 1.165) is 44.5 Å². The van der Waals surface area contributed by atoms with Crippen LogP contribution in [0.1, 0.15) is 43.2 Å². The molecule has 3 aromatic rings. The molecule has 0 N–H and O–H groups in total. The standard InChI is InChI=1S/C20H19FN6O2/c21-13-5-6-14-15(9-13)26(20(28)25-7-1-2-8-25)10-16-17(22-11-27(14)16)18-23-19(29-24-18)12-3-4-12/h5-6,9,11-12H,1-4,7-8,10H2. The molecule has 29 heavy (non-hydrogen) atoms. The van der Waals surface area contributed by atoms with Gasteiger partial charge in [0.2, 0.25) is 11.7 Å². The largest absolute Gasteiger partial charge is 0.339 e. The number of benzene rings is 1. The maximum absolute atomic E-state index is 14.0. The van der Waals surface area contributed by atoms with Crippen LogP contribution < -0.4 is 4.90 Å². The number of hydrogen-bond donors (Lipinski definition) is 0. The van der Waals surface area contributed by atoms with E-state index in [2.05, 4.69) is 15.1 Å². The number of likely N-dealkylation sites (tertiary alicyclic amines) is 1. The number of amides is 2. The number of fused-ring (bicyclic) bond motifs is 3. The third kappa shape index (κ3) is 2.64. The lowest BCUT2D eigenvalue weighted by Crippen LogP contribution is -2.43. The van der Waals surface area contributed by atoms with Crippen molar-refractivity contribution in [2.45, 2.75) is 38.1 Å². The van der Waals surface area contributed by atoms with Gasteiger partial charge in [-0.25, -0.2) is 14.2 Å². The molecule has 148 valence electrons. The highest BCUT2D eigenvalue weighted by atomic mass is 19.1. The lowest BCUT2D eigenvalue weighted by molar-refractivity contribution is 0.214. The SMILES string of the molecule is O=C(N1CCCC1)N1Cc2c(-c3noc(C4CC4)n3)ncn2-c2ccc(F)cc21. The van der Waals surface area contributed by atoms with Gasteiger partial charge in [0, 0.05) is 19.0 Å². The molecular formula is C20H19FN6O2. The quantitative estimate of drug-likeness (QED) is 0.665. The minimum absolute atomic E-state index is 0.112. The molecule has 0 radical (unpaired) electrons. The van der Waals surface area contributed by atoms with Gasteiger partial charge in [0.15, 0.2) is 0 Å². The lowest BCUT2D eigenvalue weighted by atomic mass is 10.1. The summed E-state index contributed by atoms with van der Waals surface area (Å²) >= 11 is 0. The van der Waals surface area contributed by atoms with Gasteiger partial charge in [-0.3, -0.25) is 9.47 Å². The van der Waals surface area contributed by atoms with Gasteiger partial charge in [-0.2, -0.15) is 4.98 Å². The first-order valence-corrected chi connectivity index (χ1v) is 9.95. The van der Waals surface area contributed by atoms with Crippen LogP contribution in [0.5, 0.6) is 0 Å². The van der Waals surface area contributed by atoms with Crippen LogP contribution in [-0.2, 0) is 6.54 Å². The first-order valence-electron chi connectivity index (χ1n) is 9.95. The van der Waals surface area contributed by atoms with Crippen LogP contribution in [0.3, 0.4) is 0 Å². The predicted molar refractivity (Wildman–Crippen MR) is 101 cm³/mol. The molecule has 0 spiro atoms. The zero-order valence-corrected chi connectivity index (χ0v) is 15.7. The first kappa shape index (κ1) is 16.7. The second-order valence-electron chi connectivity index (χ2n) is 7.84. The van der Waals surface area contributed by atoms with Crippen LogP contribution in [-0.4, -0.2) is 43.7 Å². The molecule has 3 aliphatic rings. The number of imidazole rings is 1. The summed E-state index contributed by atoms with van der Waals surface area (Å²) in [6.45, 7) is 1.72. The third-order valence-corrected chi connectivity index (χ3v) is 5.85. The summed E-state index contributed by atoms with van der Waals surface area (Å²) in [6.07, 6.45) is 5.79. The zero-order valence-electron chi connectivity index (χ0n) is 15.7.